The summed E-state index contributed by atoms with van der Waals surface area (Å²) >= 11 is 5.93. The largest absolute Gasteiger partial charge is 0.386 e. The molecule has 0 saturated heterocycles. The summed E-state index contributed by atoms with van der Waals surface area (Å²) < 4.78 is 1.65. The molecule has 0 amide bonds. The van der Waals surface area contributed by atoms with Gasteiger partial charge in [-0.1, -0.05) is 18.5 Å². The Morgan fingerprint density at radius 2 is 2.31 bits per heavy atom. The van der Waals surface area contributed by atoms with Gasteiger partial charge in [-0.3, -0.25) is 4.68 Å². The van der Waals surface area contributed by atoms with Crippen molar-refractivity contribution in [2.24, 2.45) is 12.5 Å². The number of hydrogen-bond donors (Lipinski definition) is 1. The Labute approximate surface area is 82.3 Å². The van der Waals surface area contributed by atoms with Crippen LogP contribution in [0.1, 0.15) is 31.6 Å². The van der Waals surface area contributed by atoms with Crippen molar-refractivity contribution in [3.63, 3.8) is 0 Å². The number of aromatic nitrogens is 2. The molecule has 1 heterocycles. The molecule has 0 aliphatic heterocycles. The molecule has 1 saturated carbocycles. The normalized spacial score (nSPS) is 21.5. The van der Waals surface area contributed by atoms with E-state index in [1.807, 2.05) is 0 Å². The molecule has 0 bridgehead atoms. The minimum absolute atomic E-state index is 0.0252. The summed E-state index contributed by atoms with van der Waals surface area (Å²) in [6.07, 6.45) is 3.23. The van der Waals surface area contributed by atoms with Gasteiger partial charge in [-0.15, -0.1) is 0 Å². The minimum Gasteiger partial charge on any atom is -0.386 e. The number of rotatable bonds is 2. The van der Waals surface area contributed by atoms with Gasteiger partial charge in [0.2, 0.25) is 0 Å². The molecule has 1 aliphatic carbocycles. The van der Waals surface area contributed by atoms with Crippen molar-refractivity contribution >= 4 is 11.6 Å². The third-order valence-electron chi connectivity index (χ3n) is 2.90. The standard InChI is InChI=1S/C9H13ClN2O/c1-9(3-4-9)8(13)7-6(10)5-11-12(7)2/h5,8,13H,3-4H2,1-2H3. The van der Waals surface area contributed by atoms with Crippen molar-refractivity contribution in [1.82, 2.24) is 9.78 Å². The van der Waals surface area contributed by atoms with Crippen LogP contribution in [0.3, 0.4) is 0 Å². The van der Waals surface area contributed by atoms with E-state index in [2.05, 4.69) is 12.0 Å². The van der Waals surface area contributed by atoms with E-state index in [0.717, 1.165) is 18.5 Å². The van der Waals surface area contributed by atoms with Crippen molar-refractivity contribution in [2.75, 3.05) is 0 Å². The van der Waals surface area contributed by atoms with Crippen LogP contribution in [0, 0.1) is 5.41 Å². The second kappa shape index (κ2) is 2.72. The number of aliphatic hydroxyl groups is 1. The van der Waals surface area contributed by atoms with Gasteiger partial charge in [-0.25, -0.2) is 0 Å². The Morgan fingerprint density at radius 1 is 1.69 bits per heavy atom. The number of nitrogens with zero attached hydrogens (tertiary/aromatic N) is 2. The first-order valence-electron chi connectivity index (χ1n) is 4.40. The molecule has 1 aliphatic rings. The molecule has 1 aromatic rings. The molecule has 1 N–H and O–H groups in total. The third-order valence-corrected chi connectivity index (χ3v) is 3.19. The molecule has 1 unspecified atom stereocenters. The second-order valence-electron chi connectivity index (χ2n) is 4.06. The predicted octanol–water partition coefficient (Wildman–Crippen LogP) is 1.91. The van der Waals surface area contributed by atoms with Gasteiger partial charge in [0.15, 0.2) is 0 Å². The quantitative estimate of drug-likeness (QED) is 0.792. The third kappa shape index (κ3) is 1.36. The number of aryl methyl sites for hydroxylation is 1. The molecular formula is C9H13ClN2O. The predicted molar refractivity (Wildman–Crippen MR) is 50.5 cm³/mol. The van der Waals surface area contributed by atoms with Crippen LogP contribution in [-0.4, -0.2) is 14.9 Å². The highest BCUT2D eigenvalue weighted by atomic mass is 35.5. The minimum atomic E-state index is -0.479. The summed E-state index contributed by atoms with van der Waals surface area (Å²) in [6, 6.07) is 0. The molecule has 0 spiro atoms. The van der Waals surface area contributed by atoms with Crippen LogP contribution in [-0.2, 0) is 7.05 Å². The van der Waals surface area contributed by atoms with Crippen LogP contribution < -0.4 is 0 Å². The highest BCUT2D eigenvalue weighted by molar-refractivity contribution is 6.31. The first kappa shape index (κ1) is 9.03. The Kier molecular flexibility index (Phi) is 1.89. The molecule has 2 rings (SSSR count). The molecule has 3 nitrogen and oxygen atoms in total. The number of halogens is 1. The fraction of sp³-hybridized carbons (Fsp3) is 0.667. The Morgan fingerprint density at radius 3 is 2.69 bits per heavy atom. The zero-order chi connectivity index (χ0) is 9.64. The lowest BCUT2D eigenvalue weighted by atomic mass is 9.99. The van der Waals surface area contributed by atoms with E-state index in [4.69, 9.17) is 11.6 Å². The van der Waals surface area contributed by atoms with Gasteiger partial charge in [0, 0.05) is 7.05 Å². The lowest BCUT2D eigenvalue weighted by molar-refractivity contribution is 0.0954. The lowest BCUT2D eigenvalue weighted by Crippen LogP contribution is -2.14. The van der Waals surface area contributed by atoms with Crippen molar-refractivity contribution in [1.29, 1.82) is 0 Å². The maximum atomic E-state index is 10.0. The van der Waals surface area contributed by atoms with Gasteiger partial charge < -0.3 is 5.11 Å². The monoisotopic (exact) mass is 200 g/mol. The summed E-state index contributed by atoms with van der Waals surface area (Å²) in [5.74, 6) is 0. The smallest absolute Gasteiger partial charge is 0.102 e. The van der Waals surface area contributed by atoms with E-state index in [-0.39, 0.29) is 5.41 Å². The fourth-order valence-corrected chi connectivity index (χ4v) is 1.80. The summed E-state index contributed by atoms with van der Waals surface area (Å²) in [7, 11) is 1.80. The van der Waals surface area contributed by atoms with Crippen molar-refractivity contribution in [3.8, 4) is 0 Å². The molecule has 72 valence electrons. The van der Waals surface area contributed by atoms with Gasteiger partial charge in [0.1, 0.15) is 6.10 Å². The molecule has 13 heavy (non-hydrogen) atoms. The van der Waals surface area contributed by atoms with E-state index < -0.39 is 6.10 Å². The Balaban J connectivity index is 2.34. The second-order valence-corrected chi connectivity index (χ2v) is 4.47. The topological polar surface area (TPSA) is 38.0 Å². The highest BCUT2D eigenvalue weighted by Gasteiger charge is 2.46. The summed E-state index contributed by atoms with van der Waals surface area (Å²) in [5, 5.41) is 14.6. The summed E-state index contributed by atoms with van der Waals surface area (Å²) in [4.78, 5) is 0. The average molecular weight is 201 g/mol. The van der Waals surface area contributed by atoms with Crippen LogP contribution in [0.2, 0.25) is 5.02 Å². The number of hydrogen-bond acceptors (Lipinski definition) is 2. The average Bonchev–Trinajstić information content (AvgIpc) is 2.73. The van der Waals surface area contributed by atoms with Crippen molar-refractivity contribution in [3.05, 3.63) is 16.9 Å². The zero-order valence-electron chi connectivity index (χ0n) is 7.79. The summed E-state index contributed by atoms with van der Waals surface area (Å²) in [5.41, 5.74) is 0.763. The zero-order valence-corrected chi connectivity index (χ0v) is 8.54. The molecule has 0 radical (unpaired) electrons. The molecular weight excluding hydrogens is 188 g/mol. The van der Waals surface area contributed by atoms with Crippen LogP contribution in [0.5, 0.6) is 0 Å². The molecule has 1 aromatic heterocycles. The van der Waals surface area contributed by atoms with Gasteiger partial charge in [-0.2, -0.15) is 5.10 Å². The van der Waals surface area contributed by atoms with E-state index in [0.29, 0.717) is 5.02 Å². The van der Waals surface area contributed by atoms with Crippen LogP contribution in [0.4, 0.5) is 0 Å². The van der Waals surface area contributed by atoms with Crippen molar-refractivity contribution < 1.29 is 5.11 Å². The van der Waals surface area contributed by atoms with Crippen LogP contribution in [0.25, 0.3) is 0 Å². The van der Waals surface area contributed by atoms with Gasteiger partial charge >= 0.3 is 0 Å². The van der Waals surface area contributed by atoms with E-state index >= 15 is 0 Å². The van der Waals surface area contributed by atoms with Gasteiger partial charge in [-0.05, 0) is 18.3 Å². The lowest BCUT2D eigenvalue weighted by Gasteiger charge is -2.17. The van der Waals surface area contributed by atoms with E-state index in [9.17, 15) is 5.11 Å². The first-order valence-corrected chi connectivity index (χ1v) is 4.78. The van der Waals surface area contributed by atoms with E-state index in [1.165, 1.54) is 0 Å². The molecule has 1 fully saturated rings. The van der Waals surface area contributed by atoms with Crippen molar-refractivity contribution in [2.45, 2.75) is 25.9 Å². The van der Waals surface area contributed by atoms with E-state index in [1.54, 1.807) is 17.9 Å². The van der Waals surface area contributed by atoms with Crippen LogP contribution in [0.15, 0.2) is 6.20 Å². The Bertz CT molecular complexity index is 311. The highest BCUT2D eigenvalue weighted by Crippen LogP contribution is 2.55. The molecule has 0 aromatic carbocycles. The fourth-order valence-electron chi connectivity index (χ4n) is 1.53. The van der Waals surface area contributed by atoms with Gasteiger partial charge in [0.25, 0.3) is 0 Å². The number of aliphatic hydroxyl groups excluding tert-OH is 1. The molecule has 1 atom stereocenters. The Hall–Kier alpha value is -0.540. The molecule has 4 heteroatoms. The van der Waals surface area contributed by atoms with Gasteiger partial charge in [0.05, 0.1) is 16.9 Å². The summed E-state index contributed by atoms with van der Waals surface area (Å²) in [6.45, 7) is 2.07. The van der Waals surface area contributed by atoms with Crippen LogP contribution >= 0.6 is 11.6 Å². The first-order chi connectivity index (χ1) is 6.04. The maximum Gasteiger partial charge on any atom is 0.102 e. The maximum absolute atomic E-state index is 10.0. The SMILES string of the molecule is Cn1ncc(Cl)c1C(O)C1(C)CC1.